The Balaban J connectivity index is 1.95. The van der Waals surface area contributed by atoms with Gasteiger partial charge in [-0.3, -0.25) is 4.79 Å². The van der Waals surface area contributed by atoms with Crippen LogP contribution >= 0.6 is 0 Å². The van der Waals surface area contributed by atoms with E-state index in [1.165, 1.54) is 18.2 Å². The third kappa shape index (κ3) is 3.89. The molecule has 21 heavy (non-hydrogen) atoms. The molecule has 0 bridgehead atoms. The van der Waals surface area contributed by atoms with Crippen LogP contribution in [0.5, 0.6) is 0 Å². The minimum atomic E-state index is -3.45. The van der Waals surface area contributed by atoms with Gasteiger partial charge in [0.05, 0.1) is 5.56 Å². The van der Waals surface area contributed by atoms with Crippen molar-refractivity contribution in [2.24, 2.45) is 5.92 Å². The number of sulfonamides is 1. The van der Waals surface area contributed by atoms with E-state index in [-0.39, 0.29) is 23.9 Å². The lowest BCUT2D eigenvalue weighted by molar-refractivity contribution is 0.0783. The van der Waals surface area contributed by atoms with Crippen molar-refractivity contribution in [3.8, 4) is 0 Å². The Bertz CT molecular complexity index is 645. The number of halogens is 1. The fourth-order valence-corrected chi connectivity index (χ4v) is 2.87. The van der Waals surface area contributed by atoms with Gasteiger partial charge in [-0.05, 0) is 24.5 Å². The van der Waals surface area contributed by atoms with Crippen LogP contribution in [-0.2, 0) is 10.0 Å². The molecule has 7 heteroatoms. The van der Waals surface area contributed by atoms with Gasteiger partial charge in [0, 0.05) is 25.0 Å². The zero-order valence-corrected chi connectivity index (χ0v) is 12.3. The maximum absolute atomic E-state index is 13.6. The molecule has 1 amide bonds. The summed E-state index contributed by atoms with van der Waals surface area (Å²) in [6.07, 6.45) is 0.680. The Morgan fingerprint density at radius 2 is 2.19 bits per heavy atom. The first kappa shape index (κ1) is 15.7. The highest BCUT2D eigenvalue weighted by atomic mass is 32.2. The summed E-state index contributed by atoms with van der Waals surface area (Å²) in [6, 6.07) is 5.84. The number of nitrogens with zero attached hydrogens (tertiary/aromatic N) is 1. The smallest absolute Gasteiger partial charge is 0.256 e. The van der Waals surface area contributed by atoms with Gasteiger partial charge in [-0.25, -0.2) is 17.5 Å². The average Bonchev–Trinajstić information content (AvgIpc) is 2.94. The van der Waals surface area contributed by atoms with Gasteiger partial charge in [-0.2, -0.15) is 0 Å². The van der Waals surface area contributed by atoms with E-state index in [0.29, 0.717) is 19.5 Å². The van der Waals surface area contributed by atoms with Gasteiger partial charge < -0.3 is 4.90 Å². The second-order valence-corrected chi connectivity index (χ2v) is 6.66. The predicted octanol–water partition coefficient (Wildman–Crippen LogP) is 1.35. The molecular formula is C14H17FN2O3S. The summed E-state index contributed by atoms with van der Waals surface area (Å²) >= 11 is 0. The topological polar surface area (TPSA) is 66.5 Å². The maximum Gasteiger partial charge on any atom is 0.256 e. The molecule has 0 aliphatic carbocycles. The van der Waals surface area contributed by atoms with Crippen molar-refractivity contribution in [3.63, 3.8) is 0 Å². The Kier molecular flexibility index (Phi) is 4.74. The van der Waals surface area contributed by atoms with Crippen molar-refractivity contribution in [2.75, 3.05) is 19.6 Å². The van der Waals surface area contributed by atoms with E-state index in [1.54, 1.807) is 11.0 Å². The third-order valence-corrected chi connectivity index (χ3v) is 4.48. The largest absolute Gasteiger partial charge is 0.338 e. The molecule has 0 spiro atoms. The Morgan fingerprint density at radius 1 is 1.48 bits per heavy atom. The second kappa shape index (κ2) is 6.36. The van der Waals surface area contributed by atoms with Gasteiger partial charge in [0.2, 0.25) is 10.0 Å². The molecule has 0 saturated carbocycles. The van der Waals surface area contributed by atoms with Crippen LogP contribution in [0.3, 0.4) is 0 Å². The Hall–Kier alpha value is -1.73. The fraction of sp³-hybridized carbons (Fsp3) is 0.357. The molecule has 1 saturated heterocycles. The molecule has 1 aliphatic rings. The lowest BCUT2D eigenvalue weighted by Gasteiger charge is -2.17. The number of hydrogen-bond acceptors (Lipinski definition) is 3. The van der Waals surface area contributed by atoms with Crippen LogP contribution in [0.15, 0.2) is 36.3 Å². The van der Waals surface area contributed by atoms with Gasteiger partial charge in [0.25, 0.3) is 5.91 Å². The molecule has 114 valence electrons. The molecule has 0 radical (unpaired) electrons. The standard InChI is InChI=1S/C14H17FN2O3S/c1-2-21(19,20)16-9-11-7-8-17(10-11)14(18)12-5-3-4-6-13(12)15/h2-6,11,16H,1,7-10H2/t11-/m1/s1. The van der Waals surface area contributed by atoms with Crippen molar-refractivity contribution in [1.29, 1.82) is 0 Å². The summed E-state index contributed by atoms with van der Waals surface area (Å²) < 4.78 is 38.6. The van der Waals surface area contributed by atoms with E-state index in [4.69, 9.17) is 0 Å². The van der Waals surface area contributed by atoms with Gasteiger partial charge in [0.15, 0.2) is 0 Å². The van der Waals surface area contributed by atoms with Crippen molar-refractivity contribution in [2.45, 2.75) is 6.42 Å². The van der Waals surface area contributed by atoms with Gasteiger partial charge in [-0.15, -0.1) is 0 Å². The highest BCUT2D eigenvalue weighted by Crippen LogP contribution is 2.19. The molecule has 1 N–H and O–H groups in total. The van der Waals surface area contributed by atoms with Crippen molar-refractivity contribution >= 4 is 15.9 Å². The second-order valence-electron chi connectivity index (χ2n) is 4.95. The van der Waals surface area contributed by atoms with E-state index < -0.39 is 15.8 Å². The Morgan fingerprint density at radius 3 is 2.86 bits per heavy atom. The summed E-state index contributed by atoms with van der Waals surface area (Å²) in [5.74, 6) is -0.879. The van der Waals surface area contributed by atoms with Crippen molar-refractivity contribution in [3.05, 3.63) is 47.6 Å². The zero-order valence-electron chi connectivity index (χ0n) is 11.5. The minimum absolute atomic E-state index is 0.0236. The number of likely N-dealkylation sites (tertiary alicyclic amines) is 1. The quantitative estimate of drug-likeness (QED) is 0.892. The summed E-state index contributed by atoms with van der Waals surface area (Å²) in [6.45, 7) is 4.36. The number of hydrogen-bond donors (Lipinski definition) is 1. The van der Waals surface area contributed by atoms with E-state index >= 15 is 0 Å². The molecule has 2 rings (SSSR count). The average molecular weight is 312 g/mol. The number of carbonyl (C=O) groups is 1. The molecular weight excluding hydrogens is 295 g/mol. The van der Waals surface area contributed by atoms with E-state index in [2.05, 4.69) is 11.3 Å². The zero-order chi connectivity index (χ0) is 15.5. The van der Waals surface area contributed by atoms with Gasteiger partial charge in [0.1, 0.15) is 5.82 Å². The SMILES string of the molecule is C=CS(=O)(=O)NC[C@H]1CCN(C(=O)c2ccccc2F)C1. The molecule has 1 atom stereocenters. The van der Waals surface area contributed by atoms with Gasteiger partial charge in [-0.1, -0.05) is 18.7 Å². The molecule has 0 unspecified atom stereocenters. The summed E-state index contributed by atoms with van der Waals surface area (Å²) in [5, 5.41) is 0.851. The Labute approximate surface area is 123 Å². The molecule has 1 fully saturated rings. The molecule has 1 aromatic rings. The highest BCUT2D eigenvalue weighted by molar-refractivity contribution is 7.92. The fourth-order valence-electron chi connectivity index (χ4n) is 2.28. The molecule has 1 heterocycles. The summed E-state index contributed by atoms with van der Waals surface area (Å²) in [7, 11) is -3.45. The van der Waals surface area contributed by atoms with Crippen LogP contribution < -0.4 is 4.72 Å². The maximum atomic E-state index is 13.6. The summed E-state index contributed by atoms with van der Waals surface area (Å²) in [4.78, 5) is 13.7. The number of nitrogens with one attached hydrogen (secondary N) is 1. The lowest BCUT2D eigenvalue weighted by Crippen LogP contribution is -2.32. The number of benzene rings is 1. The molecule has 0 aromatic heterocycles. The van der Waals surface area contributed by atoms with E-state index in [9.17, 15) is 17.6 Å². The third-order valence-electron chi connectivity index (χ3n) is 3.47. The number of carbonyl (C=O) groups excluding carboxylic acids is 1. The molecule has 1 aromatic carbocycles. The predicted molar refractivity (Wildman–Crippen MR) is 77.5 cm³/mol. The van der Waals surface area contributed by atoms with Crippen LogP contribution in [0.1, 0.15) is 16.8 Å². The van der Waals surface area contributed by atoms with Crippen LogP contribution in [0.4, 0.5) is 4.39 Å². The normalized spacial score (nSPS) is 18.7. The van der Waals surface area contributed by atoms with Crippen LogP contribution in [0.2, 0.25) is 0 Å². The lowest BCUT2D eigenvalue weighted by atomic mass is 10.1. The van der Waals surface area contributed by atoms with Crippen LogP contribution in [-0.4, -0.2) is 38.9 Å². The number of rotatable bonds is 5. The van der Waals surface area contributed by atoms with E-state index in [1.807, 2.05) is 0 Å². The summed E-state index contributed by atoms with van der Waals surface area (Å²) in [5.41, 5.74) is 0.0461. The number of amides is 1. The van der Waals surface area contributed by atoms with Gasteiger partial charge >= 0.3 is 0 Å². The van der Waals surface area contributed by atoms with Crippen molar-refractivity contribution < 1.29 is 17.6 Å². The molecule has 5 nitrogen and oxygen atoms in total. The first-order valence-electron chi connectivity index (χ1n) is 6.59. The van der Waals surface area contributed by atoms with Crippen molar-refractivity contribution in [1.82, 2.24) is 9.62 Å². The van der Waals surface area contributed by atoms with E-state index in [0.717, 1.165) is 5.41 Å². The molecule has 1 aliphatic heterocycles. The highest BCUT2D eigenvalue weighted by Gasteiger charge is 2.28. The first-order chi connectivity index (χ1) is 9.93. The minimum Gasteiger partial charge on any atom is -0.338 e. The first-order valence-corrected chi connectivity index (χ1v) is 8.13. The van der Waals surface area contributed by atoms with Crippen LogP contribution in [0.25, 0.3) is 0 Å². The van der Waals surface area contributed by atoms with Crippen LogP contribution in [0, 0.1) is 11.7 Å². The monoisotopic (exact) mass is 312 g/mol.